The third kappa shape index (κ3) is 6.55. The molecule has 0 fully saturated rings. The van der Waals surface area contributed by atoms with E-state index < -0.39 is 0 Å². The summed E-state index contributed by atoms with van der Waals surface area (Å²) in [5.74, 6) is 0. The molecule has 124 valence electrons. The summed E-state index contributed by atoms with van der Waals surface area (Å²) in [4.78, 5) is 2.56. The van der Waals surface area contributed by atoms with Crippen LogP contribution in [0.1, 0.15) is 31.9 Å². The topological polar surface area (TPSA) is 15.3 Å². The summed E-state index contributed by atoms with van der Waals surface area (Å²) in [6, 6.07) is 21.5. The van der Waals surface area contributed by atoms with Crippen molar-refractivity contribution in [3.8, 4) is 0 Å². The Morgan fingerprint density at radius 1 is 0.826 bits per heavy atom. The zero-order valence-electron chi connectivity index (χ0n) is 14.8. The molecule has 0 saturated carbocycles. The van der Waals surface area contributed by atoms with Gasteiger partial charge in [0.1, 0.15) is 0 Å². The molecule has 0 atom stereocenters. The smallest absolute Gasteiger partial charge is 0.0237 e. The van der Waals surface area contributed by atoms with Crippen LogP contribution in [0.15, 0.2) is 60.7 Å². The molecule has 0 aliphatic heterocycles. The highest BCUT2D eigenvalue weighted by atomic mass is 15.1. The Morgan fingerprint density at radius 2 is 1.30 bits per heavy atom. The molecule has 0 unspecified atom stereocenters. The molecule has 0 spiro atoms. The van der Waals surface area contributed by atoms with Crippen molar-refractivity contribution in [3.05, 3.63) is 71.8 Å². The highest BCUT2D eigenvalue weighted by Crippen LogP contribution is 2.20. The fourth-order valence-corrected chi connectivity index (χ4v) is 2.98. The van der Waals surface area contributed by atoms with Crippen LogP contribution < -0.4 is 5.32 Å². The second kappa shape index (κ2) is 8.85. The third-order valence-corrected chi connectivity index (χ3v) is 4.00. The Hall–Kier alpha value is -1.64. The van der Waals surface area contributed by atoms with Crippen molar-refractivity contribution < 1.29 is 0 Å². The van der Waals surface area contributed by atoms with Crippen molar-refractivity contribution in [2.45, 2.75) is 33.9 Å². The molecule has 2 nitrogen and oxygen atoms in total. The quantitative estimate of drug-likeness (QED) is 0.742. The molecular weight excluding hydrogens is 280 g/mol. The lowest BCUT2D eigenvalue weighted by Gasteiger charge is -2.33. The van der Waals surface area contributed by atoms with Gasteiger partial charge in [-0.05, 0) is 23.1 Å². The average molecular weight is 310 g/mol. The molecule has 2 heteroatoms. The summed E-state index contributed by atoms with van der Waals surface area (Å²) in [6.45, 7) is 12.0. The zero-order chi connectivity index (χ0) is 16.5. The van der Waals surface area contributed by atoms with E-state index in [1.165, 1.54) is 11.1 Å². The van der Waals surface area contributed by atoms with Gasteiger partial charge in [0.15, 0.2) is 0 Å². The van der Waals surface area contributed by atoms with Gasteiger partial charge in [-0.15, -0.1) is 0 Å². The summed E-state index contributed by atoms with van der Waals surface area (Å²) in [5, 5.41) is 3.49. The fraction of sp³-hybridized carbons (Fsp3) is 0.429. The van der Waals surface area contributed by atoms with E-state index in [1.807, 2.05) is 0 Å². The lowest BCUT2D eigenvalue weighted by molar-refractivity contribution is 0.161. The number of hydrogen-bond donors (Lipinski definition) is 1. The van der Waals surface area contributed by atoms with Crippen molar-refractivity contribution in [2.24, 2.45) is 5.41 Å². The van der Waals surface area contributed by atoms with Gasteiger partial charge in [-0.1, -0.05) is 81.4 Å². The average Bonchev–Trinajstić information content (AvgIpc) is 2.54. The molecule has 2 aromatic rings. The Morgan fingerprint density at radius 3 is 1.74 bits per heavy atom. The molecule has 2 rings (SSSR count). The molecule has 0 amide bonds. The molecule has 2 aromatic carbocycles. The SMILES string of the molecule is CCNCC(C)(C)CN(Cc1ccccc1)Cc1ccccc1. The highest BCUT2D eigenvalue weighted by Gasteiger charge is 2.21. The Balaban J connectivity index is 2.07. The van der Waals surface area contributed by atoms with E-state index in [9.17, 15) is 0 Å². The summed E-state index contributed by atoms with van der Waals surface area (Å²) in [5.41, 5.74) is 3.00. The lowest BCUT2D eigenvalue weighted by Crippen LogP contribution is -2.40. The monoisotopic (exact) mass is 310 g/mol. The fourth-order valence-electron chi connectivity index (χ4n) is 2.98. The van der Waals surface area contributed by atoms with Gasteiger partial charge in [0.2, 0.25) is 0 Å². The number of nitrogens with one attached hydrogen (secondary N) is 1. The third-order valence-electron chi connectivity index (χ3n) is 4.00. The van der Waals surface area contributed by atoms with Gasteiger partial charge in [0.05, 0.1) is 0 Å². The first-order valence-corrected chi connectivity index (χ1v) is 8.60. The molecule has 23 heavy (non-hydrogen) atoms. The maximum Gasteiger partial charge on any atom is 0.0237 e. The van der Waals surface area contributed by atoms with Gasteiger partial charge >= 0.3 is 0 Å². The Labute approximate surface area is 141 Å². The van der Waals surface area contributed by atoms with Crippen LogP contribution in [-0.2, 0) is 13.1 Å². The van der Waals surface area contributed by atoms with Gasteiger partial charge in [0, 0.05) is 26.2 Å². The largest absolute Gasteiger partial charge is 0.316 e. The van der Waals surface area contributed by atoms with E-state index in [-0.39, 0.29) is 5.41 Å². The van der Waals surface area contributed by atoms with Crippen LogP contribution in [0.4, 0.5) is 0 Å². The first-order chi connectivity index (χ1) is 11.1. The minimum Gasteiger partial charge on any atom is -0.316 e. The molecule has 0 heterocycles. The Bertz CT molecular complexity index is 507. The van der Waals surface area contributed by atoms with Crippen LogP contribution in [-0.4, -0.2) is 24.5 Å². The molecule has 1 N–H and O–H groups in total. The second-order valence-electron chi connectivity index (χ2n) is 7.06. The van der Waals surface area contributed by atoms with Crippen LogP contribution in [0.5, 0.6) is 0 Å². The van der Waals surface area contributed by atoms with E-state index in [4.69, 9.17) is 0 Å². The number of hydrogen-bond acceptors (Lipinski definition) is 2. The van der Waals surface area contributed by atoms with Crippen LogP contribution in [0.3, 0.4) is 0 Å². The minimum absolute atomic E-state index is 0.250. The van der Waals surface area contributed by atoms with Crippen molar-refractivity contribution in [3.63, 3.8) is 0 Å². The maximum atomic E-state index is 3.49. The van der Waals surface area contributed by atoms with E-state index >= 15 is 0 Å². The van der Waals surface area contributed by atoms with Crippen LogP contribution in [0, 0.1) is 5.41 Å². The van der Waals surface area contributed by atoms with E-state index in [0.29, 0.717) is 0 Å². The molecule has 0 aromatic heterocycles. The highest BCUT2D eigenvalue weighted by molar-refractivity contribution is 5.17. The summed E-state index contributed by atoms with van der Waals surface area (Å²) >= 11 is 0. The molecule has 0 bridgehead atoms. The van der Waals surface area contributed by atoms with Crippen LogP contribution >= 0.6 is 0 Å². The molecular formula is C21H30N2. The summed E-state index contributed by atoms with van der Waals surface area (Å²) in [7, 11) is 0. The maximum absolute atomic E-state index is 3.49. The van der Waals surface area contributed by atoms with Crippen molar-refractivity contribution in [2.75, 3.05) is 19.6 Å². The standard InChI is InChI=1S/C21H30N2/c1-4-22-17-21(2,3)18-23(15-19-11-7-5-8-12-19)16-20-13-9-6-10-14-20/h5-14,22H,4,15-18H2,1-3H3. The van der Waals surface area contributed by atoms with Crippen LogP contribution in [0.25, 0.3) is 0 Å². The predicted octanol–water partition coefficient (Wildman–Crippen LogP) is 4.32. The molecule has 0 aliphatic rings. The lowest BCUT2D eigenvalue weighted by atomic mass is 9.92. The molecule has 0 saturated heterocycles. The first kappa shape index (κ1) is 17.7. The van der Waals surface area contributed by atoms with Gasteiger partial charge in [-0.2, -0.15) is 0 Å². The zero-order valence-corrected chi connectivity index (χ0v) is 14.8. The normalized spacial score (nSPS) is 11.8. The van der Waals surface area contributed by atoms with Gasteiger partial charge in [-0.25, -0.2) is 0 Å². The van der Waals surface area contributed by atoms with Gasteiger partial charge in [-0.3, -0.25) is 4.90 Å². The van der Waals surface area contributed by atoms with E-state index in [2.05, 4.69) is 91.7 Å². The Kier molecular flexibility index (Phi) is 6.82. The van der Waals surface area contributed by atoms with Crippen molar-refractivity contribution >= 4 is 0 Å². The number of rotatable bonds is 9. The molecule has 0 radical (unpaired) electrons. The molecule has 0 aliphatic carbocycles. The van der Waals surface area contributed by atoms with E-state index in [1.54, 1.807) is 0 Å². The number of nitrogens with zero attached hydrogens (tertiary/aromatic N) is 1. The predicted molar refractivity (Wildman–Crippen MR) is 99.3 cm³/mol. The summed E-state index contributed by atoms with van der Waals surface area (Å²) in [6.07, 6.45) is 0. The van der Waals surface area contributed by atoms with Gasteiger partial charge in [0.25, 0.3) is 0 Å². The summed E-state index contributed by atoms with van der Waals surface area (Å²) < 4.78 is 0. The van der Waals surface area contributed by atoms with Crippen LogP contribution in [0.2, 0.25) is 0 Å². The minimum atomic E-state index is 0.250. The van der Waals surface area contributed by atoms with Crippen molar-refractivity contribution in [1.82, 2.24) is 10.2 Å². The van der Waals surface area contributed by atoms with Crippen molar-refractivity contribution in [1.29, 1.82) is 0 Å². The van der Waals surface area contributed by atoms with Gasteiger partial charge < -0.3 is 5.32 Å². The second-order valence-corrected chi connectivity index (χ2v) is 7.06. The number of benzene rings is 2. The van der Waals surface area contributed by atoms with E-state index in [0.717, 1.165) is 32.7 Å². The first-order valence-electron chi connectivity index (χ1n) is 8.60.